The van der Waals surface area contributed by atoms with Gasteiger partial charge in [0.25, 0.3) is 0 Å². The molecule has 10 rings (SSSR count). The number of rotatable bonds is 14. The van der Waals surface area contributed by atoms with Gasteiger partial charge in [0.2, 0.25) is 17.7 Å². The number of amides is 5. The monoisotopic (exact) mass is 1080 g/mol. The smallest absolute Gasteiger partial charge is 0.329 e. The van der Waals surface area contributed by atoms with E-state index in [0.29, 0.717) is 63.3 Å². The zero-order valence-corrected chi connectivity index (χ0v) is 44.5. The molecule has 4 aliphatic heterocycles. The summed E-state index contributed by atoms with van der Waals surface area (Å²) < 4.78 is 78.9. The molecule has 5 amide bonds. The van der Waals surface area contributed by atoms with Crippen molar-refractivity contribution >= 4 is 52.1 Å². The van der Waals surface area contributed by atoms with Gasteiger partial charge in [-0.25, -0.2) is 22.4 Å². The van der Waals surface area contributed by atoms with E-state index in [0.717, 1.165) is 37.8 Å². The van der Waals surface area contributed by atoms with Gasteiger partial charge < -0.3 is 35.4 Å². The minimum absolute atomic E-state index is 0.0264. The van der Waals surface area contributed by atoms with Gasteiger partial charge in [-0.2, -0.15) is 5.10 Å². The first-order valence-corrected chi connectivity index (χ1v) is 27.1. The minimum Gasteiger partial charge on any atom is -0.482 e. The number of primary amides is 1. The molecule has 2 unspecified atom stereocenters. The second kappa shape index (κ2) is 21.5. The van der Waals surface area contributed by atoms with Gasteiger partial charge in [0, 0.05) is 92.4 Å². The van der Waals surface area contributed by atoms with E-state index in [1.807, 2.05) is 42.2 Å². The Morgan fingerprint density at radius 1 is 0.909 bits per heavy atom. The number of benzene rings is 4. The Morgan fingerprint density at radius 2 is 1.61 bits per heavy atom. The molecule has 1 aromatic heterocycles. The van der Waals surface area contributed by atoms with Crippen molar-refractivity contribution in [3.05, 3.63) is 105 Å². The number of halogens is 5. The summed E-state index contributed by atoms with van der Waals surface area (Å²) in [4.78, 5) is 56.8. The number of imide groups is 1. The zero-order valence-electron chi connectivity index (χ0n) is 43.7. The Kier molecular flexibility index (Phi) is 15.1. The standard InChI is InChI=1S/C57H65ClF4N8O7/c1-31-44-42(27-40(60)48(58)47(44)46-37(52(63)73)14-15-41(49(46)61)76-56(2,3)30-71)77-57(31,35-8-6-5-7-9-35)29-64-36-12-10-34(11-13-36)54(74)69-23-16-32(17-24-69)28-68-21-18-33(19-22-68)45-39(59)26-38-51(50(45)62)67(4)66-53(38)70-25-20-43(72)65-55(70)75/h5-9,14-15,26-27,31-34,36,64,71H,10-13,16-25,28-30H2,1-4H3,(H2,63,73)(H,65,72,75). The highest BCUT2D eigenvalue weighted by atomic mass is 35.5. The molecule has 1 aliphatic carbocycles. The first-order chi connectivity index (χ1) is 36.8. The fraction of sp³-hybridized carbons (Fsp3) is 0.491. The van der Waals surface area contributed by atoms with Crippen LogP contribution in [0.5, 0.6) is 11.5 Å². The van der Waals surface area contributed by atoms with E-state index in [1.165, 1.54) is 33.8 Å². The predicted molar refractivity (Wildman–Crippen MR) is 282 cm³/mol. The van der Waals surface area contributed by atoms with Crippen molar-refractivity contribution in [2.24, 2.45) is 24.6 Å². The highest BCUT2D eigenvalue weighted by Gasteiger charge is 2.50. The van der Waals surface area contributed by atoms with Crippen molar-refractivity contribution in [3.63, 3.8) is 0 Å². The van der Waals surface area contributed by atoms with Crippen LogP contribution in [0.3, 0.4) is 0 Å². The number of nitrogens with two attached hydrogens (primary N) is 1. The summed E-state index contributed by atoms with van der Waals surface area (Å²) in [5, 5.41) is 20.0. The molecular weight excluding hydrogens is 1020 g/mol. The SMILES string of the molecule is CC1c2c(cc(F)c(Cl)c2-c2c(C(N)=O)ccc(OC(C)(C)CO)c2F)OC1(CNC1CCC(C(=O)N2CCC(CN3CCC(c4c(F)cc5c(N6CCC(=O)NC6=O)nn(C)c5c4F)CC3)CC2)CC1)c1ccccc1. The van der Waals surface area contributed by atoms with E-state index in [-0.39, 0.29) is 93.8 Å². The first kappa shape index (κ1) is 54.1. The van der Waals surface area contributed by atoms with E-state index in [1.54, 1.807) is 20.9 Å². The topological polar surface area (TPSA) is 185 Å². The molecule has 20 heteroatoms. The Hall–Kier alpha value is -6.28. The highest BCUT2D eigenvalue weighted by molar-refractivity contribution is 6.34. The molecule has 3 saturated heterocycles. The maximum atomic E-state index is 16.8. The lowest BCUT2D eigenvalue weighted by Gasteiger charge is -2.40. The van der Waals surface area contributed by atoms with Crippen LogP contribution in [0, 0.1) is 35.1 Å². The van der Waals surface area contributed by atoms with Crippen LogP contribution in [-0.4, -0.2) is 113 Å². The fourth-order valence-electron chi connectivity index (χ4n) is 12.5. The number of carbonyl (C=O) groups excluding carboxylic acids is 4. The molecular formula is C57H65ClF4N8O7. The predicted octanol–water partition coefficient (Wildman–Crippen LogP) is 8.80. The molecule has 5 aliphatic rings. The number of nitrogens with one attached hydrogen (secondary N) is 2. The molecule has 2 atom stereocenters. The quantitative estimate of drug-likeness (QED) is 0.0784. The number of aryl methyl sites for hydroxylation is 1. The molecule has 5 heterocycles. The Balaban J connectivity index is 0.747. The van der Waals surface area contributed by atoms with Crippen LogP contribution in [0.1, 0.15) is 117 Å². The number of anilines is 1. The van der Waals surface area contributed by atoms with Crippen molar-refractivity contribution in [3.8, 4) is 22.6 Å². The van der Waals surface area contributed by atoms with Gasteiger partial charge in [0.15, 0.2) is 28.8 Å². The van der Waals surface area contributed by atoms with Crippen LogP contribution in [0.4, 0.5) is 28.2 Å². The van der Waals surface area contributed by atoms with Crippen LogP contribution in [0.15, 0.2) is 54.6 Å². The second-order valence-electron chi connectivity index (χ2n) is 22.2. The van der Waals surface area contributed by atoms with E-state index in [2.05, 4.69) is 20.6 Å². The van der Waals surface area contributed by atoms with Crippen molar-refractivity contribution in [2.75, 3.05) is 57.3 Å². The third kappa shape index (κ3) is 10.2. The van der Waals surface area contributed by atoms with Crippen molar-refractivity contribution in [1.82, 2.24) is 30.2 Å². The van der Waals surface area contributed by atoms with E-state index in [9.17, 15) is 24.3 Å². The number of hydrogen-bond donors (Lipinski definition) is 4. The van der Waals surface area contributed by atoms with Gasteiger partial charge >= 0.3 is 6.03 Å². The number of aliphatic hydroxyl groups excluding tert-OH is 1. The molecule has 4 fully saturated rings. The molecule has 410 valence electrons. The van der Waals surface area contributed by atoms with Crippen molar-refractivity contribution < 1.29 is 51.3 Å². The van der Waals surface area contributed by atoms with Gasteiger partial charge in [0.1, 0.15) is 28.5 Å². The summed E-state index contributed by atoms with van der Waals surface area (Å²) in [6.45, 7) is 8.46. The normalized spacial score (nSPS) is 22.8. The first-order valence-electron chi connectivity index (χ1n) is 26.7. The second-order valence-corrected chi connectivity index (χ2v) is 22.6. The summed E-state index contributed by atoms with van der Waals surface area (Å²) in [7, 11) is 1.56. The highest BCUT2D eigenvalue weighted by Crippen LogP contribution is 2.57. The van der Waals surface area contributed by atoms with Crippen LogP contribution in [0.25, 0.3) is 22.0 Å². The molecule has 0 spiro atoms. The van der Waals surface area contributed by atoms with Gasteiger partial charge in [0.05, 0.1) is 22.6 Å². The number of urea groups is 1. The third-order valence-electron chi connectivity index (χ3n) is 16.8. The van der Waals surface area contributed by atoms with Crippen LogP contribution in [0.2, 0.25) is 5.02 Å². The summed E-state index contributed by atoms with van der Waals surface area (Å²) >= 11 is 6.77. The largest absolute Gasteiger partial charge is 0.482 e. The number of carbonyl (C=O) groups is 4. The number of hydrogen-bond acceptors (Lipinski definition) is 10. The van der Waals surface area contributed by atoms with E-state index in [4.69, 9.17) is 26.8 Å². The average molecular weight is 1090 g/mol. The van der Waals surface area contributed by atoms with Crippen LogP contribution < -0.4 is 30.7 Å². The molecule has 4 aromatic carbocycles. The lowest BCUT2D eigenvalue weighted by Crippen LogP contribution is -2.49. The number of aromatic nitrogens is 2. The Labute approximate surface area is 449 Å². The summed E-state index contributed by atoms with van der Waals surface area (Å²) in [6.07, 6.45) is 5.80. The molecule has 15 nitrogen and oxygen atoms in total. The molecule has 5 N–H and O–H groups in total. The molecule has 77 heavy (non-hydrogen) atoms. The van der Waals surface area contributed by atoms with E-state index >= 15 is 17.6 Å². The van der Waals surface area contributed by atoms with Gasteiger partial charge in [-0.15, -0.1) is 0 Å². The van der Waals surface area contributed by atoms with Gasteiger partial charge in [-0.1, -0.05) is 48.9 Å². The Morgan fingerprint density at radius 3 is 2.27 bits per heavy atom. The lowest BCUT2D eigenvalue weighted by molar-refractivity contribution is -0.138. The van der Waals surface area contributed by atoms with Gasteiger partial charge in [-0.3, -0.25) is 29.3 Å². The zero-order chi connectivity index (χ0) is 54.7. The molecule has 0 bridgehead atoms. The number of nitrogens with zero attached hydrogens (tertiary/aromatic N) is 5. The summed E-state index contributed by atoms with van der Waals surface area (Å²) in [5.74, 6) is -5.13. The fourth-order valence-corrected chi connectivity index (χ4v) is 12.8. The van der Waals surface area contributed by atoms with E-state index < -0.39 is 69.9 Å². The Bertz CT molecular complexity index is 3120. The lowest BCUT2D eigenvalue weighted by atomic mass is 9.77. The number of fused-ring (bicyclic) bond motifs is 2. The summed E-state index contributed by atoms with van der Waals surface area (Å²) in [5.41, 5.74) is 4.13. The van der Waals surface area contributed by atoms with Gasteiger partial charge in [-0.05, 0) is 114 Å². The average Bonchev–Trinajstić information content (AvgIpc) is 4.01. The van der Waals surface area contributed by atoms with Crippen molar-refractivity contribution in [1.29, 1.82) is 0 Å². The van der Waals surface area contributed by atoms with Crippen LogP contribution in [-0.2, 0) is 22.2 Å². The number of likely N-dealkylation sites (tertiary alicyclic amines) is 2. The number of piperidine rings is 2. The molecule has 0 radical (unpaired) electrons. The van der Waals surface area contributed by atoms with Crippen molar-refractivity contribution in [2.45, 2.75) is 108 Å². The van der Waals surface area contributed by atoms with Crippen LogP contribution >= 0.6 is 11.6 Å². The summed E-state index contributed by atoms with van der Waals surface area (Å²) in [6, 6.07) is 13.8. The molecule has 1 saturated carbocycles. The third-order valence-corrected chi connectivity index (χ3v) is 17.2. The maximum absolute atomic E-state index is 16.8. The number of ether oxygens (including phenoxy) is 2. The maximum Gasteiger partial charge on any atom is 0.329 e. The minimum atomic E-state index is -1.20. The molecule has 5 aromatic rings. The number of aliphatic hydroxyl groups is 1.